The molecule has 0 bridgehead atoms. The summed E-state index contributed by atoms with van der Waals surface area (Å²) in [5, 5.41) is 20.2. The minimum absolute atomic E-state index is 0.232. The van der Waals surface area contributed by atoms with E-state index < -0.39 is 11.7 Å². The van der Waals surface area contributed by atoms with Crippen LogP contribution in [-0.4, -0.2) is 68.4 Å². The topological polar surface area (TPSA) is 137 Å². The molecule has 1 unspecified atom stereocenters. The third kappa shape index (κ3) is 6.28. The van der Waals surface area contributed by atoms with Gasteiger partial charge in [-0.25, -0.2) is 19.0 Å². The molecule has 45 heavy (non-hydrogen) atoms. The highest BCUT2D eigenvalue weighted by atomic mass is 16.6. The van der Waals surface area contributed by atoms with Gasteiger partial charge in [-0.1, -0.05) is 17.3 Å². The van der Waals surface area contributed by atoms with Gasteiger partial charge < -0.3 is 15.0 Å². The predicted octanol–water partition coefficient (Wildman–Crippen LogP) is 4.76. The second kappa shape index (κ2) is 11.1. The fraction of sp³-hybridized carbons (Fsp3) is 0.406. The third-order valence-electron chi connectivity index (χ3n) is 7.60. The highest BCUT2D eigenvalue weighted by Gasteiger charge is 2.30. The van der Waals surface area contributed by atoms with Crippen molar-refractivity contribution in [2.75, 3.05) is 6.54 Å². The molecule has 6 rings (SSSR count). The molecule has 1 aliphatic rings. The van der Waals surface area contributed by atoms with Crippen LogP contribution >= 0.6 is 0 Å². The number of amides is 2. The Morgan fingerprint density at radius 1 is 1.00 bits per heavy atom. The number of hydrogen-bond donors (Lipinski definition) is 1. The van der Waals surface area contributed by atoms with Crippen molar-refractivity contribution >= 4 is 17.5 Å². The lowest BCUT2D eigenvalue weighted by Crippen LogP contribution is -2.37. The molecule has 13 nitrogen and oxygen atoms in total. The molecule has 234 valence electrons. The molecule has 5 heterocycles. The van der Waals surface area contributed by atoms with Crippen molar-refractivity contribution in [2.45, 2.75) is 71.7 Å². The zero-order chi connectivity index (χ0) is 32.1. The SMILES string of the molecule is Cn1cc(-c2cn3nccc3c(-c3ccc4c(c3)CN(C(=O)OC(C)(C)C)CCC4NC(=O)c3cn(C(C)(C)C)nn3)n2)cn1. The highest BCUT2D eigenvalue weighted by molar-refractivity contribution is 5.92. The van der Waals surface area contributed by atoms with Crippen molar-refractivity contribution in [2.24, 2.45) is 7.05 Å². The van der Waals surface area contributed by atoms with Crippen molar-refractivity contribution in [3.8, 4) is 22.5 Å². The molecule has 5 aromatic rings. The average molecular weight is 611 g/mol. The van der Waals surface area contributed by atoms with Crippen LogP contribution in [0.15, 0.2) is 55.2 Å². The minimum Gasteiger partial charge on any atom is -0.444 e. The Morgan fingerprint density at radius 2 is 1.80 bits per heavy atom. The molecule has 1 N–H and O–H groups in total. The first-order chi connectivity index (χ1) is 21.2. The van der Waals surface area contributed by atoms with Gasteiger partial charge in [0.25, 0.3) is 5.91 Å². The smallest absolute Gasteiger partial charge is 0.410 e. The number of nitrogens with zero attached hydrogens (tertiary/aromatic N) is 9. The first kappa shape index (κ1) is 30.0. The number of nitrogens with one attached hydrogen (secondary N) is 1. The lowest BCUT2D eigenvalue weighted by atomic mass is 9.95. The fourth-order valence-corrected chi connectivity index (χ4v) is 5.35. The normalized spacial score (nSPS) is 15.5. The molecule has 0 spiro atoms. The van der Waals surface area contributed by atoms with Crippen molar-refractivity contribution in [3.63, 3.8) is 0 Å². The Kier molecular flexibility index (Phi) is 7.42. The number of carbonyl (C=O) groups is 2. The van der Waals surface area contributed by atoms with Gasteiger partial charge in [-0.3, -0.25) is 9.48 Å². The van der Waals surface area contributed by atoms with Crippen LogP contribution in [0.4, 0.5) is 4.79 Å². The Hall–Kier alpha value is -5.07. The van der Waals surface area contributed by atoms with Gasteiger partial charge in [0.1, 0.15) is 5.60 Å². The average Bonchev–Trinajstić information content (AvgIpc) is 3.71. The number of fused-ring (bicyclic) bond motifs is 2. The van der Waals surface area contributed by atoms with E-state index in [-0.39, 0.29) is 23.2 Å². The second-order valence-corrected chi connectivity index (χ2v) is 13.4. The molecular weight excluding hydrogens is 572 g/mol. The number of rotatable bonds is 4. The van der Waals surface area contributed by atoms with Gasteiger partial charge >= 0.3 is 6.09 Å². The van der Waals surface area contributed by atoms with Gasteiger partial charge in [0.2, 0.25) is 0 Å². The summed E-state index contributed by atoms with van der Waals surface area (Å²) in [4.78, 5) is 33.4. The van der Waals surface area contributed by atoms with E-state index in [4.69, 9.17) is 9.72 Å². The summed E-state index contributed by atoms with van der Waals surface area (Å²) in [5.41, 5.74) is 5.10. The highest BCUT2D eigenvalue weighted by Crippen LogP contribution is 2.33. The lowest BCUT2D eigenvalue weighted by Gasteiger charge is -2.26. The van der Waals surface area contributed by atoms with Gasteiger partial charge in [0.15, 0.2) is 5.69 Å². The molecular formula is C32H38N10O3. The molecule has 0 radical (unpaired) electrons. The summed E-state index contributed by atoms with van der Waals surface area (Å²) in [5.74, 6) is -0.331. The number of ether oxygens (including phenoxy) is 1. The molecule has 1 aliphatic heterocycles. The van der Waals surface area contributed by atoms with Crippen molar-refractivity contribution in [1.29, 1.82) is 0 Å². The van der Waals surface area contributed by atoms with E-state index in [1.165, 1.54) is 0 Å². The summed E-state index contributed by atoms with van der Waals surface area (Å²) in [6, 6.07) is 7.58. The summed E-state index contributed by atoms with van der Waals surface area (Å²) < 4.78 is 10.9. The van der Waals surface area contributed by atoms with Crippen LogP contribution in [0.2, 0.25) is 0 Å². The molecule has 4 aromatic heterocycles. The minimum atomic E-state index is -0.648. The second-order valence-electron chi connectivity index (χ2n) is 13.4. The van der Waals surface area contributed by atoms with Crippen molar-refractivity contribution in [1.82, 2.24) is 49.6 Å². The molecule has 0 aliphatic carbocycles. The maximum Gasteiger partial charge on any atom is 0.410 e. The van der Waals surface area contributed by atoms with Crippen LogP contribution in [0, 0.1) is 0 Å². The standard InChI is InChI=1S/C32H38N10O3/c1-31(2,3)42-19-26(37-38-42)29(43)36-24-11-13-40(30(44)45-32(4,5)6)17-21-14-20(8-9-23(21)24)28-27-10-12-33-41(27)18-25(35-28)22-15-34-39(7)16-22/h8-10,12,14-16,18-19,24H,11,13,17H2,1-7H3,(H,36,43). The molecule has 0 saturated heterocycles. The zero-order valence-corrected chi connectivity index (χ0v) is 26.6. The van der Waals surface area contributed by atoms with Crippen LogP contribution in [0.25, 0.3) is 28.0 Å². The van der Waals surface area contributed by atoms with Crippen molar-refractivity contribution < 1.29 is 14.3 Å². The molecule has 13 heteroatoms. The molecule has 2 amide bonds. The molecule has 1 atom stereocenters. The van der Waals surface area contributed by atoms with E-state index in [2.05, 4.69) is 25.8 Å². The third-order valence-corrected chi connectivity index (χ3v) is 7.60. The maximum atomic E-state index is 13.4. The Bertz CT molecular complexity index is 1890. The number of aryl methyl sites for hydroxylation is 1. The van der Waals surface area contributed by atoms with E-state index >= 15 is 0 Å². The Balaban J connectivity index is 1.39. The first-order valence-corrected chi connectivity index (χ1v) is 14.9. The van der Waals surface area contributed by atoms with Crippen LogP contribution in [0.3, 0.4) is 0 Å². The first-order valence-electron chi connectivity index (χ1n) is 14.9. The van der Waals surface area contributed by atoms with E-state index in [0.717, 1.165) is 39.2 Å². The van der Waals surface area contributed by atoms with Gasteiger partial charge in [0.05, 0.1) is 53.3 Å². The van der Waals surface area contributed by atoms with E-state index in [0.29, 0.717) is 19.5 Å². The summed E-state index contributed by atoms with van der Waals surface area (Å²) in [6.45, 7) is 12.2. The lowest BCUT2D eigenvalue weighted by molar-refractivity contribution is 0.0234. The Labute approximate surface area is 261 Å². The number of benzene rings is 1. The van der Waals surface area contributed by atoms with Crippen LogP contribution in [-0.2, 0) is 23.9 Å². The predicted molar refractivity (Wildman–Crippen MR) is 167 cm³/mol. The number of aromatic nitrogens is 8. The molecule has 0 fully saturated rings. The van der Waals surface area contributed by atoms with Gasteiger partial charge in [-0.15, -0.1) is 5.10 Å². The summed E-state index contributed by atoms with van der Waals surface area (Å²) >= 11 is 0. The molecule has 0 saturated carbocycles. The van der Waals surface area contributed by atoms with Crippen LogP contribution in [0.1, 0.15) is 75.6 Å². The van der Waals surface area contributed by atoms with Crippen LogP contribution < -0.4 is 5.32 Å². The van der Waals surface area contributed by atoms with E-state index in [1.807, 2.05) is 85.2 Å². The van der Waals surface area contributed by atoms with E-state index in [9.17, 15) is 9.59 Å². The van der Waals surface area contributed by atoms with Gasteiger partial charge in [-0.05, 0) is 71.2 Å². The zero-order valence-electron chi connectivity index (χ0n) is 26.6. The Morgan fingerprint density at radius 3 is 2.49 bits per heavy atom. The largest absolute Gasteiger partial charge is 0.444 e. The van der Waals surface area contributed by atoms with E-state index in [1.54, 1.807) is 37.4 Å². The summed E-state index contributed by atoms with van der Waals surface area (Å²) in [6.07, 6.45) is 9.03. The monoisotopic (exact) mass is 610 g/mol. The van der Waals surface area contributed by atoms with Gasteiger partial charge in [0, 0.05) is 37.5 Å². The van der Waals surface area contributed by atoms with Crippen LogP contribution in [0.5, 0.6) is 0 Å². The number of hydrogen-bond acceptors (Lipinski definition) is 8. The van der Waals surface area contributed by atoms with Gasteiger partial charge in [-0.2, -0.15) is 10.2 Å². The maximum absolute atomic E-state index is 13.4. The molecule has 1 aromatic carbocycles. The fourth-order valence-electron chi connectivity index (χ4n) is 5.35. The summed E-state index contributed by atoms with van der Waals surface area (Å²) in [7, 11) is 1.86. The van der Waals surface area contributed by atoms with Crippen molar-refractivity contribution in [3.05, 3.63) is 72.1 Å². The number of carbonyl (C=O) groups excluding carboxylic acids is 2. The quantitative estimate of drug-likeness (QED) is 0.308.